The van der Waals surface area contributed by atoms with Crippen molar-refractivity contribution in [2.24, 2.45) is 0 Å². The van der Waals surface area contributed by atoms with Gasteiger partial charge in [0.2, 0.25) is 10.0 Å². The molecule has 0 N–H and O–H groups in total. The van der Waals surface area contributed by atoms with Crippen LogP contribution in [0.3, 0.4) is 0 Å². The Labute approximate surface area is 172 Å². The van der Waals surface area contributed by atoms with E-state index >= 15 is 0 Å². The number of sulfonamides is 1. The van der Waals surface area contributed by atoms with Gasteiger partial charge in [-0.1, -0.05) is 6.07 Å². The molecule has 0 saturated carbocycles. The molecule has 0 atom stereocenters. The highest BCUT2D eigenvalue weighted by atomic mass is 32.2. The van der Waals surface area contributed by atoms with Crippen LogP contribution in [0.25, 0.3) is 0 Å². The van der Waals surface area contributed by atoms with Crippen molar-refractivity contribution in [3.05, 3.63) is 41.5 Å². The Hall–Kier alpha value is -2.23. The molecule has 4 rings (SSSR count). The number of benzene rings is 1. The minimum Gasteiger partial charge on any atom is -0.378 e. The second-order valence-electron chi connectivity index (χ2n) is 7.49. The molecular weight excluding hydrogens is 390 g/mol. The maximum absolute atomic E-state index is 13.0. The van der Waals surface area contributed by atoms with Gasteiger partial charge in [-0.25, -0.2) is 8.42 Å². The van der Waals surface area contributed by atoms with Crippen LogP contribution < -0.4 is 9.80 Å². The first kappa shape index (κ1) is 20.1. The molecule has 1 aromatic heterocycles. The van der Waals surface area contributed by atoms with Gasteiger partial charge in [-0.05, 0) is 49.2 Å². The van der Waals surface area contributed by atoms with Crippen LogP contribution in [-0.2, 0) is 14.8 Å². The number of rotatable bonds is 4. The molecule has 2 aromatic rings. The average molecular weight is 418 g/mol. The van der Waals surface area contributed by atoms with Gasteiger partial charge in [0.25, 0.3) is 0 Å². The maximum atomic E-state index is 13.0. The number of aryl methyl sites for hydroxylation is 2. The summed E-state index contributed by atoms with van der Waals surface area (Å²) in [5.74, 6) is 1.64. The molecule has 0 radical (unpaired) electrons. The zero-order valence-electron chi connectivity index (χ0n) is 16.9. The monoisotopic (exact) mass is 417 g/mol. The molecule has 3 heterocycles. The van der Waals surface area contributed by atoms with Crippen molar-refractivity contribution in [3.8, 4) is 0 Å². The van der Waals surface area contributed by atoms with E-state index < -0.39 is 10.0 Å². The van der Waals surface area contributed by atoms with Crippen LogP contribution in [0.5, 0.6) is 0 Å². The minimum atomic E-state index is -3.48. The van der Waals surface area contributed by atoms with Crippen LogP contribution in [0.1, 0.15) is 11.1 Å². The van der Waals surface area contributed by atoms with E-state index in [4.69, 9.17) is 4.74 Å². The van der Waals surface area contributed by atoms with E-state index in [9.17, 15) is 8.42 Å². The SMILES string of the molecule is Cc1ccc(S(=O)(=O)N2CCN(c3ccc(N4CCOCC4)nn3)CC2)cc1C. The van der Waals surface area contributed by atoms with Gasteiger partial charge >= 0.3 is 0 Å². The van der Waals surface area contributed by atoms with Crippen molar-refractivity contribution < 1.29 is 13.2 Å². The van der Waals surface area contributed by atoms with Gasteiger partial charge in [-0.3, -0.25) is 0 Å². The number of anilines is 2. The third-order valence-electron chi connectivity index (χ3n) is 5.65. The lowest BCUT2D eigenvalue weighted by Crippen LogP contribution is -2.49. The second-order valence-corrected chi connectivity index (χ2v) is 9.42. The first-order chi connectivity index (χ1) is 13.9. The molecule has 8 nitrogen and oxygen atoms in total. The summed E-state index contributed by atoms with van der Waals surface area (Å²) in [4.78, 5) is 4.61. The standard InChI is InChI=1S/C20H27N5O3S/c1-16-3-4-18(15-17(16)2)29(26,27)25-9-7-23(8-10-25)19-5-6-20(22-21-19)24-11-13-28-14-12-24/h3-6,15H,7-14H2,1-2H3. The fourth-order valence-electron chi connectivity index (χ4n) is 3.63. The van der Waals surface area contributed by atoms with Crippen LogP contribution in [0, 0.1) is 13.8 Å². The van der Waals surface area contributed by atoms with Crippen LogP contribution in [0.2, 0.25) is 0 Å². The summed E-state index contributed by atoms with van der Waals surface area (Å²) in [6, 6.07) is 9.26. The van der Waals surface area contributed by atoms with Crippen molar-refractivity contribution >= 4 is 21.7 Å². The molecule has 0 unspecified atom stereocenters. The van der Waals surface area contributed by atoms with Crippen molar-refractivity contribution in [1.82, 2.24) is 14.5 Å². The van der Waals surface area contributed by atoms with Crippen molar-refractivity contribution in [3.63, 3.8) is 0 Å². The summed E-state index contributed by atoms with van der Waals surface area (Å²) in [7, 11) is -3.48. The molecule has 2 saturated heterocycles. The average Bonchev–Trinajstić information content (AvgIpc) is 2.76. The van der Waals surface area contributed by atoms with E-state index in [0.717, 1.165) is 35.9 Å². The quantitative estimate of drug-likeness (QED) is 0.745. The topological polar surface area (TPSA) is 78.9 Å². The fourth-order valence-corrected chi connectivity index (χ4v) is 5.14. The van der Waals surface area contributed by atoms with Crippen molar-refractivity contribution in [2.45, 2.75) is 18.7 Å². The molecule has 0 spiro atoms. The van der Waals surface area contributed by atoms with E-state index in [1.54, 1.807) is 16.4 Å². The van der Waals surface area contributed by atoms with Crippen LogP contribution in [-0.4, -0.2) is 75.4 Å². The lowest BCUT2D eigenvalue weighted by Gasteiger charge is -2.34. The summed E-state index contributed by atoms with van der Waals surface area (Å²) in [5.41, 5.74) is 2.08. The third kappa shape index (κ3) is 4.22. The van der Waals surface area contributed by atoms with Crippen LogP contribution in [0.15, 0.2) is 35.2 Å². The van der Waals surface area contributed by atoms with Crippen molar-refractivity contribution in [1.29, 1.82) is 0 Å². The molecule has 9 heteroatoms. The Kier molecular flexibility index (Phi) is 5.71. The van der Waals surface area contributed by atoms with E-state index in [2.05, 4.69) is 20.0 Å². The number of nitrogens with zero attached hydrogens (tertiary/aromatic N) is 5. The molecule has 0 amide bonds. The molecule has 2 fully saturated rings. The van der Waals surface area contributed by atoms with Crippen LogP contribution in [0.4, 0.5) is 11.6 Å². The number of aromatic nitrogens is 2. The molecular formula is C20H27N5O3S. The van der Waals surface area contributed by atoms with E-state index in [1.165, 1.54) is 0 Å². The van der Waals surface area contributed by atoms with Gasteiger partial charge < -0.3 is 14.5 Å². The lowest BCUT2D eigenvalue weighted by atomic mass is 10.1. The Bertz CT molecular complexity index is 951. The van der Waals surface area contributed by atoms with Gasteiger partial charge in [-0.15, -0.1) is 10.2 Å². The van der Waals surface area contributed by atoms with E-state index in [0.29, 0.717) is 44.3 Å². The fraction of sp³-hybridized carbons (Fsp3) is 0.500. The molecule has 29 heavy (non-hydrogen) atoms. The highest BCUT2D eigenvalue weighted by Gasteiger charge is 2.29. The van der Waals surface area contributed by atoms with Crippen LogP contribution >= 0.6 is 0 Å². The van der Waals surface area contributed by atoms with E-state index in [1.807, 2.05) is 32.0 Å². The Morgan fingerprint density at radius 3 is 1.93 bits per heavy atom. The number of morpholine rings is 1. The minimum absolute atomic E-state index is 0.365. The Morgan fingerprint density at radius 2 is 1.38 bits per heavy atom. The number of ether oxygens (including phenoxy) is 1. The highest BCUT2D eigenvalue weighted by Crippen LogP contribution is 2.22. The number of piperazine rings is 1. The van der Waals surface area contributed by atoms with Crippen molar-refractivity contribution in [2.75, 3.05) is 62.3 Å². The highest BCUT2D eigenvalue weighted by molar-refractivity contribution is 7.89. The first-order valence-corrected chi connectivity index (χ1v) is 11.4. The largest absolute Gasteiger partial charge is 0.378 e. The molecule has 0 bridgehead atoms. The van der Waals surface area contributed by atoms with Gasteiger partial charge in [0.15, 0.2) is 11.6 Å². The maximum Gasteiger partial charge on any atom is 0.243 e. The molecule has 156 valence electrons. The summed E-state index contributed by atoms with van der Waals surface area (Å²) in [5, 5.41) is 8.73. The summed E-state index contributed by atoms with van der Waals surface area (Å²) < 4.78 is 32.9. The Balaban J connectivity index is 1.40. The first-order valence-electron chi connectivity index (χ1n) is 9.94. The predicted octanol–water partition coefficient (Wildman–Crippen LogP) is 1.44. The number of hydrogen-bond donors (Lipinski definition) is 0. The molecule has 2 aliphatic heterocycles. The zero-order valence-corrected chi connectivity index (χ0v) is 17.7. The van der Waals surface area contributed by atoms with Gasteiger partial charge in [-0.2, -0.15) is 4.31 Å². The smallest absolute Gasteiger partial charge is 0.243 e. The summed E-state index contributed by atoms with van der Waals surface area (Å²) in [6.45, 7) is 9.03. The predicted molar refractivity (Wildman–Crippen MR) is 112 cm³/mol. The number of hydrogen-bond acceptors (Lipinski definition) is 7. The second kappa shape index (κ2) is 8.25. The van der Waals surface area contributed by atoms with Gasteiger partial charge in [0, 0.05) is 39.3 Å². The normalized spacial score (nSPS) is 18.8. The third-order valence-corrected chi connectivity index (χ3v) is 7.54. The zero-order chi connectivity index (χ0) is 20.4. The van der Waals surface area contributed by atoms with E-state index in [-0.39, 0.29) is 0 Å². The molecule has 2 aliphatic rings. The Morgan fingerprint density at radius 1 is 0.793 bits per heavy atom. The molecule has 1 aromatic carbocycles. The summed E-state index contributed by atoms with van der Waals surface area (Å²) in [6.07, 6.45) is 0. The molecule has 0 aliphatic carbocycles. The lowest BCUT2D eigenvalue weighted by molar-refractivity contribution is 0.122. The van der Waals surface area contributed by atoms with Gasteiger partial charge in [0.05, 0.1) is 18.1 Å². The van der Waals surface area contributed by atoms with Gasteiger partial charge in [0.1, 0.15) is 0 Å². The summed E-state index contributed by atoms with van der Waals surface area (Å²) >= 11 is 0.